The largest absolute Gasteiger partial charge is 0.504 e. The lowest BCUT2D eigenvalue weighted by molar-refractivity contribution is -0.124. The number of benzene rings is 3. The van der Waals surface area contributed by atoms with Gasteiger partial charge >= 0.3 is 0 Å². The molecule has 1 N–H and O–H groups in total. The molecule has 0 unspecified atom stereocenters. The molecule has 36 heavy (non-hydrogen) atoms. The summed E-state index contributed by atoms with van der Waals surface area (Å²) in [7, 11) is 1.53. The van der Waals surface area contributed by atoms with Crippen LogP contribution in [0.2, 0.25) is 0 Å². The number of hydrogen-bond donors (Lipinski definition) is 1. The fourth-order valence-electron chi connectivity index (χ4n) is 5.44. The maximum absolute atomic E-state index is 12.5. The van der Waals surface area contributed by atoms with Gasteiger partial charge in [-0.15, -0.1) is 0 Å². The summed E-state index contributed by atoms with van der Waals surface area (Å²) >= 11 is 0. The zero-order valence-corrected chi connectivity index (χ0v) is 21.5. The van der Waals surface area contributed by atoms with Crippen LogP contribution in [-0.2, 0) is 16.0 Å². The number of phenols is 1. The number of aromatic hydroxyl groups is 1. The van der Waals surface area contributed by atoms with Crippen molar-refractivity contribution in [2.24, 2.45) is 5.92 Å². The first-order valence-corrected chi connectivity index (χ1v) is 13.1. The summed E-state index contributed by atoms with van der Waals surface area (Å²) in [6.45, 7) is 4.30. The predicted octanol–water partition coefficient (Wildman–Crippen LogP) is 7.39. The third kappa shape index (κ3) is 5.70. The van der Waals surface area contributed by atoms with E-state index in [2.05, 4.69) is 50.2 Å². The first kappa shape index (κ1) is 25.7. The monoisotopic (exact) mass is 484 g/mol. The van der Waals surface area contributed by atoms with E-state index in [1.165, 1.54) is 29.5 Å². The Hall–Kier alpha value is -3.40. The van der Waals surface area contributed by atoms with Gasteiger partial charge in [0.25, 0.3) is 0 Å². The maximum atomic E-state index is 12.5. The van der Waals surface area contributed by atoms with Crippen LogP contribution in [0, 0.1) is 5.92 Å². The van der Waals surface area contributed by atoms with Crippen molar-refractivity contribution >= 4 is 28.4 Å². The highest BCUT2D eigenvalue weighted by molar-refractivity contribution is 6.06. The first-order chi connectivity index (χ1) is 17.4. The van der Waals surface area contributed by atoms with Gasteiger partial charge in [-0.1, -0.05) is 62.7 Å². The van der Waals surface area contributed by atoms with E-state index < -0.39 is 0 Å². The summed E-state index contributed by atoms with van der Waals surface area (Å²) in [4.78, 5) is 25.0. The third-order valence-electron chi connectivity index (χ3n) is 7.57. The van der Waals surface area contributed by atoms with Gasteiger partial charge in [0, 0.05) is 17.9 Å². The van der Waals surface area contributed by atoms with Crippen LogP contribution >= 0.6 is 0 Å². The number of hydrogen-bond acceptors (Lipinski definition) is 4. The minimum absolute atomic E-state index is 0.00473. The lowest BCUT2D eigenvalue weighted by Crippen LogP contribution is -2.09. The fraction of sp³-hybridized carbons (Fsp3) is 0.375. The average molecular weight is 485 g/mol. The van der Waals surface area contributed by atoms with Crippen molar-refractivity contribution in [2.45, 2.75) is 64.7 Å². The van der Waals surface area contributed by atoms with Crippen LogP contribution in [0.4, 0.5) is 0 Å². The summed E-state index contributed by atoms with van der Waals surface area (Å²) in [5, 5.41) is 13.6. The molecule has 0 radical (unpaired) electrons. The number of phenolic OH excluding ortho intramolecular Hbond substituents is 1. The third-order valence-corrected chi connectivity index (χ3v) is 7.57. The van der Waals surface area contributed by atoms with Gasteiger partial charge in [0.2, 0.25) is 0 Å². The van der Waals surface area contributed by atoms with Crippen molar-refractivity contribution in [3.8, 4) is 11.5 Å². The zero-order valence-electron chi connectivity index (χ0n) is 21.5. The topological polar surface area (TPSA) is 63.6 Å². The van der Waals surface area contributed by atoms with E-state index in [-0.39, 0.29) is 29.7 Å². The van der Waals surface area contributed by atoms with E-state index in [0.717, 1.165) is 48.8 Å². The molecule has 4 heteroatoms. The van der Waals surface area contributed by atoms with Crippen molar-refractivity contribution in [3.05, 3.63) is 76.9 Å². The highest BCUT2D eigenvalue weighted by Gasteiger charge is 2.22. The molecule has 4 bridgehead atoms. The number of carbonyl (C=O) groups is 2. The number of methoxy groups -OCH3 is 1. The molecule has 0 aliphatic heterocycles. The lowest BCUT2D eigenvalue weighted by Gasteiger charge is -2.22. The Bertz CT molecular complexity index is 1290. The van der Waals surface area contributed by atoms with Crippen molar-refractivity contribution < 1.29 is 19.4 Å². The Kier molecular flexibility index (Phi) is 8.25. The molecule has 0 aromatic heterocycles. The standard InChI is InChI=1S/C32H36O4/c1-4-21-10-13-24-19-25(18-23-8-6-7-9-29(23)24)28(5-2)30-16-22(17-31(36-3)32(30)35)12-15-27(34)20-26(33)14-11-21/h6-9,12,15-19,21,28,35H,4-5,10-11,13-14,20H2,1-3H3/b15-12+/t21-,28+/m1/s1. The second-order valence-corrected chi connectivity index (χ2v) is 9.89. The van der Waals surface area contributed by atoms with Gasteiger partial charge in [0.1, 0.15) is 5.78 Å². The Morgan fingerprint density at radius 1 is 0.944 bits per heavy atom. The molecule has 0 amide bonds. The summed E-state index contributed by atoms with van der Waals surface area (Å²) in [6.07, 6.45) is 8.09. The van der Waals surface area contributed by atoms with Crippen molar-refractivity contribution in [1.82, 2.24) is 0 Å². The number of ether oxygens (including phenoxy) is 1. The smallest absolute Gasteiger partial charge is 0.163 e. The van der Waals surface area contributed by atoms with E-state index in [4.69, 9.17) is 4.74 Å². The Morgan fingerprint density at radius 3 is 2.47 bits per heavy atom. The molecule has 2 atom stereocenters. The number of ketones is 2. The van der Waals surface area contributed by atoms with E-state index in [9.17, 15) is 14.7 Å². The van der Waals surface area contributed by atoms with E-state index in [0.29, 0.717) is 18.1 Å². The number of rotatable bonds is 3. The van der Waals surface area contributed by atoms with Crippen LogP contribution < -0.4 is 4.74 Å². The van der Waals surface area contributed by atoms with Gasteiger partial charge in [0.05, 0.1) is 13.5 Å². The molecule has 1 aliphatic carbocycles. The van der Waals surface area contributed by atoms with Crippen molar-refractivity contribution in [1.29, 1.82) is 0 Å². The minimum atomic E-state index is -0.198. The SMILES string of the molecule is CC[C@H]1CCC(=O)CC(=O)/C=C/c2cc(OC)c(O)c(c2)[C@@H](CC)c2cc(c3ccccc3c2)CC1. The zero-order chi connectivity index (χ0) is 25.7. The molecule has 0 spiro atoms. The van der Waals surface area contributed by atoms with Crippen LogP contribution in [0.5, 0.6) is 11.5 Å². The van der Waals surface area contributed by atoms with E-state index in [1.54, 1.807) is 12.1 Å². The molecule has 1 aliphatic rings. The highest BCUT2D eigenvalue weighted by atomic mass is 16.5. The number of allylic oxidation sites excluding steroid dienone is 1. The molecular weight excluding hydrogens is 448 g/mol. The molecule has 188 valence electrons. The number of fused-ring (bicyclic) bond motifs is 6. The molecule has 3 aromatic carbocycles. The van der Waals surface area contributed by atoms with Crippen LogP contribution in [0.3, 0.4) is 0 Å². The van der Waals surface area contributed by atoms with Gasteiger partial charge in [0.15, 0.2) is 17.3 Å². The molecule has 3 aromatic rings. The number of Topliss-reactive ketones (excluding diaryl/α,β-unsaturated/α-hetero) is 1. The predicted molar refractivity (Wildman–Crippen MR) is 146 cm³/mol. The molecule has 0 heterocycles. The quantitative estimate of drug-likeness (QED) is 0.394. The number of aryl methyl sites for hydroxylation is 1. The van der Waals surface area contributed by atoms with Crippen LogP contribution in [0.25, 0.3) is 16.8 Å². The molecule has 0 fully saturated rings. The molecule has 0 saturated heterocycles. The normalized spacial score (nSPS) is 20.2. The molecule has 4 nitrogen and oxygen atoms in total. The van der Waals surface area contributed by atoms with E-state index in [1.807, 2.05) is 6.07 Å². The van der Waals surface area contributed by atoms with Crippen LogP contribution in [-0.4, -0.2) is 23.8 Å². The van der Waals surface area contributed by atoms with Crippen molar-refractivity contribution in [3.63, 3.8) is 0 Å². The second-order valence-electron chi connectivity index (χ2n) is 9.89. The lowest BCUT2D eigenvalue weighted by atomic mass is 9.83. The fourth-order valence-corrected chi connectivity index (χ4v) is 5.44. The maximum Gasteiger partial charge on any atom is 0.163 e. The average Bonchev–Trinajstić information content (AvgIpc) is 2.88. The molecular formula is C32H36O4. The second kappa shape index (κ2) is 11.6. The Balaban J connectivity index is 1.89. The van der Waals surface area contributed by atoms with Crippen LogP contribution in [0.15, 0.2) is 54.6 Å². The van der Waals surface area contributed by atoms with Gasteiger partial charge in [-0.2, -0.15) is 0 Å². The molecule has 0 saturated carbocycles. The van der Waals surface area contributed by atoms with Gasteiger partial charge in [-0.05, 0) is 77.3 Å². The summed E-state index contributed by atoms with van der Waals surface area (Å²) in [6, 6.07) is 16.7. The minimum Gasteiger partial charge on any atom is -0.504 e. The molecule has 4 rings (SSSR count). The van der Waals surface area contributed by atoms with Gasteiger partial charge in [-0.3, -0.25) is 9.59 Å². The summed E-state index contributed by atoms with van der Waals surface area (Å²) in [5.74, 6) is 0.694. The van der Waals surface area contributed by atoms with E-state index >= 15 is 0 Å². The van der Waals surface area contributed by atoms with Gasteiger partial charge in [-0.25, -0.2) is 0 Å². The Morgan fingerprint density at radius 2 is 1.72 bits per heavy atom. The van der Waals surface area contributed by atoms with Gasteiger partial charge < -0.3 is 9.84 Å². The summed E-state index contributed by atoms with van der Waals surface area (Å²) < 4.78 is 5.49. The van der Waals surface area contributed by atoms with Crippen LogP contribution in [0.1, 0.15) is 80.5 Å². The Labute approximate surface area is 214 Å². The first-order valence-electron chi connectivity index (χ1n) is 13.1. The van der Waals surface area contributed by atoms with Crippen molar-refractivity contribution in [2.75, 3.05) is 7.11 Å². The summed E-state index contributed by atoms with van der Waals surface area (Å²) in [5.41, 5.74) is 3.99. The highest BCUT2D eigenvalue weighted by Crippen LogP contribution is 2.42. The number of carbonyl (C=O) groups excluding carboxylic acids is 2.